The van der Waals surface area contributed by atoms with Crippen LogP contribution in [0.2, 0.25) is 0 Å². The number of aromatic carboxylic acids is 2. The second kappa shape index (κ2) is 17.7. The van der Waals surface area contributed by atoms with Gasteiger partial charge < -0.3 is 41.7 Å². The average Bonchev–Trinajstić information content (AvgIpc) is 2.41. The van der Waals surface area contributed by atoms with Crippen molar-refractivity contribution in [3.05, 3.63) is 60.2 Å². The first-order valence-corrected chi connectivity index (χ1v) is 4.84. The van der Waals surface area contributed by atoms with Gasteiger partial charge in [-0.2, -0.15) is 0 Å². The van der Waals surface area contributed by atoms with Crippen molar-refractivity contribution < 1.29 is 58.8 Å². The Morgan fingerprint density at radius 2 is 0.913 bits per heavy atom. The molecule has 2 heterocycles. The van der Waals surface area contributed by atoms with Gasteiger partial charge in [0.1, 0.15) is 0 Å². The summed E-state index contributed by atoms with van der Waals surface area (Å²) >= 11 is 0. The summed E-state index contributed by atoms with van der Waals surface area (Å²) in [6.45, 7) is 0. The first-order chi connectivity index (χ1) is 8.61. The topological polar surface area (TPSA) is 235 Å². The molecule has 2 rings (SSSR count). The fourth-order valence-electron chi connectivity index (χ4n) is 0.976. The molecule has 0 atom stereocenters. The van der Waals surface area contributed by atoms with Gasteiger partial charge in [0.05, 0.1) is 11.9 Å². The van der Waals surface area contributed by atoms with Gasteiger partial charge in [0.25, 0.3) is 0 Å². The molecule has 10 N–H and O–H groups in total. The maximum atomic E-state index is 10.1. The summed E-state index contributed by atoms with van der Waals surface area (Å²) in [5, 5.41) is 20.1. The van der Waals surface area contributed by atoms with Gasteiger partial charge in [0.2, 0.25) is 0 Å². The van der Waals surface area contributed by atoms with Crippen LogP contribution in [-0.4, -0.2) is 32.9 Å². The molecule has 0 aliphatic carbocycles. The van der Waals surface area contributed by atoms with Crippen LogP contribution < -0.4 is 10.2 Å². The SMILES string of the molecule is O.O.O=C([O-])c1ccncc1.O=C([O-])c1ccncc1.[Cu+2].[OH3+].[OH3+]. The Balaban J connectivity index is -0.0000000771. The van der Waals surface area contributed by atoms with E-state index in [9.17, 15) is 19.8 Å². The summed E-state index contributed by atoms with van der Waals surface area (Å²) in [7, 11) is 0. The molecular weight excluding hydrogens is 364 g/mol. The van der Waals surface area contributed by atoms with Crippen molar-refractivity contribution in [3.8, 4) is 0 Å². The summed E-state index contributed by atoms with van der Waals surface area (Å²) in [6, 6.07) is 5.54. The molecular formula is C12H18CuN2O8+2. The zero-order chi connectivity index (χ0) is 13.4. The molecule has 0 aromatic carbocycles. The van der Waals surface area contributed by atoms with E-state index >= 15 is 0 Å². The Kier molecular flexibility index (Phi) is 25.0. The van der Waals surface area contributed by atoms with Gasteiger partial charge in [-0.15, -0.1) is 0 Å². The van der Waals surface area contributed by atoms with Gasteiger partial charge in [0, 0.05) is 35.9 Å². The van der Waals surface area contributed by atoms with Crippen LogP contribution in [-0.2, 0) is 28.0 Å². The van der Waals surface area contributed by atoms with E-state index < -0.39 is 11.9 Å². The van der Waals surface area contributed by atoms with E-state index in [4.69, 9.17) is 0 Å². The monoisotopic (exact) mass is 381 g/mol. The summed E-state index contributed by atoms with van der Waals surface area (Å²) < 4.78 is 0. The minimum Gasteiger partial charge on any atom is -0.545 e. The number of hydrogen-bond acceptors (Lipinski definition) is 6. The van der Waals surface area contributed by atoms with Crippen molar-refractivity contribution in [2.75, 3.05) is 0 Å². The van der Waals surface area contributed by atoms with Crippen molar-refractivity contribution >= 4 is 11.9 Å². The third kappa shape index (κ3) is 13.0. The zero-order valence-electron chi connectivity index (χ0n) is 11.6. The molecule has 23 heavy (non-hydrogen) atoms. The third-order valence-electron chi connectivity index (χ3n) is 1.83. The Labute approximate surface area is 141 Å². The fourth-order valence-corrected chi connectivity index (χ4v) is 0.976. The molecule has 10 nitrogen and oxygen atoms in total. The first-order valence-electron chi connectivity index (χ1n) is 4.84. The van der Waals surface area contributed by atoms with E-state index in [1.165, 1.54) is 49.1 Å². The Bertz CT molecular complexity index is 478. The molecule has 133 valence electrons. The maximum Gasteiger partial charge on any atom is 2.00 e. The van der Waals surface area contributed by atoms with Gasteiger partial charge in [-0.1, -0.05) is 0 Å². The van der Waals surface area contributed by atoms with Gasteiger partial charge >= 0.3 is 17.1 Å². The van der Waals surface area contributed by atoms with Crippen LogP contribution in [0.3, 0.4) is 0 Å². The predicted molar refractivity (Wildman–Crippen MR) is 74.1 cm³/mol. The molecule has 2 aromatic heterocycles. The molecule has 0 aliphatic heterocycles. The molecule has 0 amide bonds. The Morgan fingerprint density at radius 3 is 1.04 bits per heavy atom. The number of hydrogen-bond donors (Lipinski definition) is 0. The summed E-state index contributed by atoms with van der Waals surface area (Å²) in [5.41, 5.74) is 0.315. The third-order valence-corrected chi connectivity index (χ3v) is 1.83. The molecule has 0 fully saturated rings. The largest absolute Gasteiger partial charge is 2.00 e. The number of carbonyl (C=O) groups excluding carboxylic acids is 2. The van der Waals surface area contributed by atoms with E-state index in [-0.39, 0.29) is 50.1 Å². The Hall–Kier alpha value is -2.40. The standard InChI is InChI=1S/2C6H5NO2.Cu.4H2O/c2*8-6(9)5-1-3-7-4-2-5;;;;;/h2*1-4H,(H,8,9);;4*1H2/q;;+2;;;;. The number of carboxylic acid groups (broad SMARTS) is 2. The number of nitrogens with zero attached hydrogens (tertiary/aromatic N) is 2. The van der Waals surface area contributed by atoms with Crippen molar-refractivity contribution in [2.24, 2.45) is 0 Å². The summed E-state index contributed by atoms with van der Waals surface area (Å²) in [6.07, 6.45) is 5.63. The summed E-state index contributed by atoms with van der Waals surface area (Å²) in [4.78, 5) is 27.4. The van der Waals surface area contributed by atoms with E-state index in [1.807, 2.05) is 0 Å². The van der Waals surface area contributed by atoms with Crippen molar-refractivity contribution in [2.45, 2.75) is 0 Å². The predicted octanol–water partition coefficient (Wildman–Crippen LogP) is -4.61. The van der Waals surface area contributed by atoms with Crippen molar-refractivity contribution in [1.82, 2.24) is 9.97 Å². The minimum absolute atomic E-state index is 0. The quantitative estimate of drug-likeness (QED) is 0.365. The maximum absolute atomic E-state index is 10.1. The molecule has 2 aromatic rings. The smallest absolute Gasteiger partial charge is 0.545 e. The molecule has 0 unspecified atom stereocenters. The fraction of sp³-hybridized carbons (Fsp3) is 0. The minimum atomic E-state index is -1.17. The van der Waals surface area contributed by atoms with Crippen LogP contribution in [0.15, 0.2) is 49.1 Å². The zero-order valence-corrected chi connectivity index (χ0v) is 12.5. The second-order valence-corrected chi connectivity index (χ2v) is 3.05. The van der Waals surface area contributed by atoms with Crippen LogP contribution in [0.5, 0.6) is 0 Å². The van der Waals surface area contributed by atoms with E-state index in [1.54, 1.807) is 0 Å². The van der Waals surface area contributed by atoms with Crippen LogP contribution >= 0.6 is 0 Å². The Morgan fingerprint density at radius 1 is 0.696 bits per heavy atom. The van der Waals surface area contributed by atoms with Crippen molar-refractivity contribution in [1.29, 1.82) is 0 Å². The summed E-state index contributed by atoms with van der Waals surface area (Å²) in [5.74, 6) is -2.34. The molecule has 1 radical (unpaired) electrons. The van der Waals surface area contributed by atoms with Crippen LogP contribution in [0.25, 0.3) is 0 Å². The number of carbonyl (C=O) groups is 2. The first kappa shape index (κ1) is 32.5. The molecule has 0 saturated heterocycles. The normalized spacial score (nSPS) is 6.96. The van der Waals surface area contributed by atoms with Gasteiger partial charge in [0.15, 0.2) is 0 Å². The van der Waals surface area contributed by atoms with Crippen LogP contribution in [0, 0.1) is 0 Å². The number of aromatic nitrogens is 2. The molecule has 0 bridgehead atoms. The second-order valence-electron chi connectivity index (χ2n) is 3.05. The van der Waals surface area contributed by atoms with E-state index in [0.29, 0.717) is 0 Å². The van der Waals surface area contributed by atoms with E-state index in [2.05, 4.69) is 9.97 Å². The van der Waals surface area contributed by atoms with Gasteiger partial charge in [-0.3, -0.25) is 9.97 Å². The van der Waals surface area contributed by atoms with Gasteiger partial charge in [-0.05, 0) is 24.3 Å². The van der Waals surface area contributed by atoms with Crippen molar-refractivity contribution in [3.63, 3.8) is 0 Å². The van der Waals surface area contributed by atoms with E-state index in [0.717, 1.165) is 0 Å². The van der Waals surface area contributed by atoms with Crippen LogP contribution in [0.4, 0.5) is 0 Å². The molecule has 0 spiro atoms. The molecule has 11 heteroatoms. The average molecular weight is 382 g/mol. The van der Waals surface area contributed by atoms with Crippen LogP contribution in [0.1, 0.15) is 20.7 Å². The number of carboxylic acids is 2. The van der Waals surface area contributed by atoms with Gasteiger partial charge in [-0.25, -0.2) is 0 Å². The number of rotatable bonds is 2. The molecule has 0 aliphatic rings. The number of pyridine rings is 2. The molecule has 0 saturated carbocycles.